The van der Waals surface area contributed by atoms with E-state index in [-0.39, 0.29) is 17.9 Å². The molecule has 0 unspecified atom stereocenters. The Labute approximate surface area is 110 Å². The Morgan fingerprint density at radius 3 is 2.83 bits per heavy atom. The van der Waals surface area contributed by atoms with Gasteiger partial charge in [-0.2, -0.15) is 0 Å². The molecule has 18 heavy (non-hydrogen) atoms. The van der Waals surface area contributed by atoms with E-state index >= 15 is 0 Å². The highest BCUT2D eigenvalue weighted by atomic mass is 35.5. The van der Waals surface area contributed by atoms with Crippen LogP contribution in [0.15, 0.2) is 18.3 Å². The maximum Gasteiger partial charge on any atom is 0.270 e. The Kier molecular flexibility index (Phi) is 3.81. The third kappa shape index (κ3) is 2.98. The average Bonchev–Trinajstić information content (AvgIpc) is 2.78. The van der Waals surface area contributed by atoms with E-state index in [0.29, 0.717) is 23.8 Å². The zero-order valence-electron chi connectivity index (χ0n) is 10.0. The second-order valence-electron chi connectivity index (χ2n) is 4.29. The minimum absolute atomic E-state index is 0.00104. The molecule has 1 N–H and O–H groups in total. The van der Waals surface area contributed by atoms with Crippen LogP contribution < -0.4 is 5.32 Å². The van der Waals surface area contributed by atoms with Gasteiger partial charge >= 0.3 is 0 Å². The average molecular weight is 268 g/mol. The van der Waals surface area contributed by atoms with Crippen molar-refractivity contribution in [2.24, 2.45) is 0 Å². The predicted octanol–water partition coefficient (Wildman–Crippen LogP) is 1.09. The molecule has 0 bridgehead atoms. The highest BCUT2D eigenvalue weighted by Crippen LogP contribution is 2.10. The fourth-order valence-electron chi connectivity index (χ4n) is 1.93. The van der Waals surface area contributed by atoms with Crippen molar-refractivity contribution in [1.29, 1.82) is 0 Å². The number of nitrogens with zero attached hydrogens (tertiary/aromatic N) is 2. The standard InChI is InChI=1S/C12H14ClN3O2/c1-8(17)16-5-4-10(7-16)15-12(18)11-3-2-9(13)6-14-11/h2-3,6,10H,4-5,7H2,1H3,(H,15,18)/t10-/m1/s1. The van der Waals surface area contributed by atoms with Crippen LogP contribution in [-0.2, 0) is 4.79 Å². The van der Waals surface area contributed by atoms with Crippen LogP contribution in [0.2, 0.25) is 5.02 Å². The lowest BCUT2D eigenvalue weighted by Crippen LogP contribution is -2.38. The van der Waals surface area contributed by atoms with E-state index in [1.807, 2.05) is 0 Å². The summed E-state index contributed by atoms with van der Waals surface area (Å²) in [4.78, 5) is 28.7. The summed E-state index contributed by atoms with van der Waals surface area (Å²) >= 11 is 5.70. The Hall–Kier alpha value is -1.62. The van der Waals surface area contributed by atoms with Gasteiger partial charge < -0.3 is 10.2 Å². The highest BCUT2D eigenvalue weighted by molar-refractivity contribution is 6.30. The van der Waals surface area contributed by atoms with Gasteiger partial charge in [-0.3, -0.25) is 9.59 Å². The maximum absolute atomic E-state index is 11.9. The third-order valence-corrected chi connectivity index (χ3v) is 3.15. The molecule has 1 aromatic heterocycles. The molecular weight excluding hydrogens is 254 g/mol. The number of amides is 2. The molecule has 0 radical (unpaired) electrons. The summed E-state index contributed by atoms with van der Waals surface area (Å²) in [5.41, 5.74) is 0.334. The monoisotopic (exact) mass is 267 g/mol. The topological polar surface area (TPSA) is 62.3 Å². The molecule has 2 rings (SSSR count). The molecule has 1 saturated heterocycles. The quantitative estimate of drug-likeness (QED) is 0.872. The third-order valence-electron chi connectivity index (χ3n) is 2.93. The zero-order valence-corrected chi connectivity index (χ0v) is 10.8. The Morgan fingerprint density at radius 2 is 2.28 bits per heavy atom. The molecule has 1 aliphatic heterocycles. The van der Waals surface area contributed by atoms with Crippen molar-refractivity contribution in [2.75, 3.05) is 13.1 Å². The number of halogens is 1. The smallest absolute Gasteiger partial charge is 0.270 e. The molecule has 2 amide bonds. The summed E-state index contributed by atoms with van der Waals surface area (Å²) < 4.78 is 0. The van der Waals surface area contributed by atoms with Crippen LogP contribution in [0.25, 0.3) is 0 Å². The highest BCUT2D eigenvalue weighted by Gasteiger charge is 2.25. The molecule has 5 nitrogen and oxygen atoms in total. The number of rotatable bonds is 2. The van der Waals surface area contributed by atoms with Crippen molar-refractivity contribution in [3.8, 4) is 0 Å². The molecule has 0 spiro atoms. The van der Waals surface area contributed by atoms with Crippen LogP contribution in [0.3, 0.4) is 0 Å². The minimum atomic E-state index is -0.234. The first-order valence-corrected chi connectivity index (χ1v) is 6.12. The van der Waals surface area contributed by atoms with Crippen molar-refractivity contribution in [2.45, 2.75) is 19.4 Å². The molecule has 96 valence electrons. The van der Waals surface area contributed by atoms with Gasteiger partial charge in [-0.15, -0.1) is 0 Å². The van der Waals surface area contributed by atoms with Gasteiger partial charge in [0.15, 0.2) is 0 Å². The lowest BCUT2D eigenvalue weighted by molar-refractivity contribution is -0.127. The summed E-state index contributed by atoms with van der Waals surface area (Å²) in [5.74, 6) is -0.196. The Morgan fingerprint density at radius 1 is 1.50 bits per heavy atom. The molecule has 1 aromatic rings. The SMILES string of the molecule is CC(=O)N1CC[C@@H](NC(=O)c2ccc(Cl)cn2)C1. The van der Waals surface area contributed by atoms with Gasteiger partial charge in [-0.1, -0.05) is 11.6 Å². The molecule has 0 saturated carbocycles. The molecule has 1 fully saturated rings. The number of hydrogen-bond donors (Lipinski definition) is 1. The first-order valence-electron chi connectivity index (χ1n) is 5.74. The minimum Gasteiger partial charge on any atom is -0.346 e. The van der Waals surface area contributed by atoms with E-state index in [4.69, 9.17) is 11.6 Å². The van der Waals surface area contributed by atoms with Gasteiger partial charge in [-0.25, -0.2) is 4.98 Å². The first kappa shape index (κ1) is 12.8. The number of carbonyl (C=O) groups excluding carboxylic acids is 2. The maximum atomic E-state index is 11.9. The van der Waals surface area contributed by atoms with E-state index in [1.54, 1.807) is 17.0 Å². The number of likely N-dealkylation sites (tertiary alicyclic amines) is 1. The number of aromatic nitrogens is 1. The van der Waals surface area contributed by atoms with Crippen LogP contribution in [0, 0.1) is 0 Å². The van der Waals surface area contributed by atoms with Gasteiger partial charge in [0.05, 0.1) is 5.02 Å². The normalized spacial score (nSPS) is 18.8. The zero-order chi connectivity index (χ0) is 13.1. The van der Waals surface area contributed by atoms with Crippen LogP contribution in [0.1, 0.15) is 23.8 Å². The Balaban J connectivity index is 1.92. The van der Waals surface area contributed by atoms with Gasteiger partial charge in [-0.05, 0) is 18.6 Å². The van der Waals surface area contributed by atoms with Gasteiger partial charge in [0, 0.05) is 32.3 Å². The van der Waals surface area contributed by atoms with Crippen molar-refractivity contribution in [3.05, 3.63) is 29.0 Å². The van der Waals surface area contributed by atoms with E-state index in [0.717, 1.165) is 6.42 Å². The largest absolute Gasteiger partial charge is 0.346 e. The summed E-state index contributed by atoms with van der Waals surface area (Å²) in [6.07, 6.45) is 2.21. The molecule has 6 heteroatoms. The van der Waals surface area contributed by atoms with Crippen LogP contribution >= 0.6 is 11.6 Å². The van der Waals surface area contributed by atoms with E-state index in [1.165, 1.54) is 13.1 Å². The Bertz CT molecular complexity index is 461. The number of nitrogens with one attached hydrogen (secondary N) is 1. The second-order valence-corrected chi connectivity index (χ2v) is 4.72. The molecule has 1 aliphatic rings. The summed E-state index contributed by atoms with van der Waals surface area (Å²) in [7, 11) is 0. The van der Waals surface area contributed by atoms with E-state index in [9.17, 15) is 9.59 Å². The van der Waals surface area contributed by atoms with Gasteiger partial charge in [0.2, 0.25) is 5.91 Å². The van der Waals surface area contributed by atoms with Crippen molar-refractivity contribution in [1.82, 2.24) is 15.2 Å². The molecule has 1 atom stereocenters. The van der Waals surface area contributed by atoms with Crippen molar-refractivity contribution >= 4 is 23.4 Å². The first-order chi connectivity index (χ1) is 8.56. The number of carbonyl (C=O) groups is 2. The van der Waals surface area contributed by atoms with Crippen LogP contribution in [0.5, 0.6) is 0 Å². The fraction of sp³-hybridized carbons (Fsp3) is 0.417. The van der Waals surface area contributed by atoms with E-state index in [2.05, 4.69) is 10.3 Å². The van der Waals surface area contributed by atoms with Gasteiger partial charge in [0.25, 0.3) is 5.91 Å². The van der Waals surface area contributed by atoms with Crippen LogP contribution in [0.4, 0.5) is 0 Å². The van der Waals surface area contributed by atoms with Crippen LogP contribution in [-0.4, -0.2) is 40.8 Å². The van der Waals surface area contributed by atoms with Gasteiger partial charge in [0.1, 0.15) is 5.69 Å². The predicted molar refractivity (Wildman–Crippen MR) is 67.4 cm³/mol. The molecule has 2 heterocycles. The molecule has 0 aliphatic carbocycles. The summed E-state index contributed by atoms with van der Waals surface area (Å²) in [6, 6.07) is 3.20. The lowest BCUT2D eigenvalue weighted by atomic mass is 10.2. The second kappa shape index (κ2) is 5.35. The van der Waals surface area contributed by atoms with Crippen molar-refractivity contribution in [3.63, 3.8) is 0 Å². The fourth-order valence-corrected chi connectivity index (χ4v) is 2.05. The van der Waals surface area contributed by atoms with E-state index < -0.39 is 0 Å². The number of hydrogen-bond acceptors (Lipinski definition) is 3. The van der Waals surface area contributed by atoms with Crippen molar-refractivity contribution < 1.29 is 9.59 Å². The summed E-state index contributed by atoms with van der Waals surface area (Å²) in [6.45, 7) is 2.79. The lowest BCUT2D eigenvalue weighted by Gasteiger charge is -2.14. The molecular formula is C12H14ClN3O2. The summed E-state index contributed by atoms with van der Waals surface area (Å²) in [5, 5.41) is 3.36. The number of pyridine rings is 1. The molecule has 0 aromatic carbocycles.